The number of hydrogen-bond donors (Lipinski definition) is 1. The van der Waals surface area contributed by atoms with Gasteiger partial charge in [-0.25, -0.2) is 4.79 Å². The smallest absolute Gasteiger partial charge is 0.337 e. The van der Waals surface area contributed by atoms with E-state index in [0.717, 1.165) is 0 Å². The molecule has 0 atom stereocenters. The lowest BCUT2D eigenvalue weighted by atomic mass is 10.1. The molecule has 0 heterocycles. The summed E-state index contributed by atoms with van der Waals surface area (Å²) in [5.74, 6) is -1.09. The molecule has 1 N–H and O–H groups in total. The lowest BCUT2D eigenvalue weighted by molar-refractivity contribution is -0.143. The van der Waals surface area contributed by atoms with Gasteiger partial charge in [0.25, 0.3) is 5.91 Å². The maximum absolute atomic E-state index is 12.1. The second kappa shape index (κ2) is 9.22. The fourth-order valence-corrected chi connectivity index (χ4v) is 2.20. The molecule has 0 unspecified atom stereocenters. The Morgan fingerprint density at radius 1 is 1.00 bits per heavy atom. The Kier molecular flexibility index (Phi) is 6.73. The van der Waals surface area contributed by atoms with Crippen LogP contribution in [-0.4, -0.2) is 38.6 Å². The van der Waals surface area contributed by atoms with Crippen LogP contribution in [0.5, 0.6) is 5.75 Å². The van der Waals surface area contributed by atoms with Crippen LogP contribution in [-0.2, 0) is 20.9 Å². The Labute approximate surface area is 150 Å². The van der Waals surface area contributed by atoms with Gasteiger partial charge in [0, 0.05) is 0 Å². The molecular formula is C19H19NO6. The number of nitrogens with one attached hydrogen (secondary N) is 1. The molecule has 0 bridgehead atoms. The molecule has 0 saturated heterocycles. The molecule has 136 valence electrons. The number of carbonyl (C=O) groups is 3. The van der Waals surface area contributed by atoms with Crippen LogP contribution in [0.3, 0.4) is 0 Å². The first-order chi connectivity index (χ1) is 12.5. The van der Waals surface area contributed by atoms with Crippen LogP contribution >= 0.6 is 0 Å². The van der Waals surface area contributed by atoms with Crippen LogP contribution < -0.4 is 10.1 Å². The zero-order valence-corrected chi connectivity index (χ0v) is 14.5. The van der Waals surface area contributed by atoms with Crippen LogP contribution in [0, 0.1) is 0 Å². The van der Waals surface area contributed by atoms with E-state index in [2.05, 4.69) is 10.1 Å². The quantitative estimate of drug-likeness (QED) is 0.762. The predicted molar refractivity (Wildman–Crippen MR) is 92.9 cm³/mol. The Hall–Kier alpha value is -3.35. The molecule has 1 amide bonds. The van der Waals surface area contributed by atoms with Crippen LogP contribution in [0.1, 0.15) is 26.3 Å². The van der Waals surface area contributed by atoms with Gasteiger partial charge in [-0.15, -0.1) is 0 Å². The maximum atomic E-state index is 12.1. The second-order valence-electron chi connectivity index (χ2n) is 5.24. The summed E-state index contributed by atoms with van der Waals surface area (Å²) < 4.78 is 14.8. The number of esters is 2. The minimum atomic E-state index is -0.600. The molecule has 0 aromatic heterocycles. The normalized spacial score (nSPS) is 9.92. The number of rotatable bonds is 7. The molecule has 26 heavy (non-hydrogen) atoms. The summed E-state index contributed by atoms with van der Waals surface area (Å²) >= 11 is 0. The molecule has 2 rings (SSSR count). The third kappa shape index (κ3) is 5.07. The third-order valence-electron chi connectivity index (χ3n) is 3.49. The van der Waals surface area contributed by atoms with Crippen molar-refractivity contribution in [2.45, 2.75) is 6.61 Å². The van der Waals surface area contributed by atoms with E-state index in [1.54, 1.807) is 48.5 Å². The number of benzene rings is 2. The molecule has 2 aromatic carbocycles. The van der Waals surface area contributed by atoms with Gasteiger partial charge in [-0.1, -0.05) is 24.3 Å². The first kappa shape index (κ1) is 19.0. The minimum absolute atomic E-state index is 0.0196. The molecule has 0 spiro atoms. The van der Waals surface area contributed by atoms with Crippen molar-refractivity contribution in [2.24, 2.45) is 0 Å². The topological polar surface area (TPSA) is 90.9 Å². The van der Waals surface area contributed by atoms with Gasteiger partial charge >= 0.3 is 11.9 Å². The van der Waals surface area contributed by atoms with Gasteiger partial charge in [0.05, 0.1) is 25.3 Å². The molecule has 0 fully saturated rings. The lowest BCUT2D eigenvalue weighted by Crippen LogP contribution is -2.30. The van der Waals surface area contributed by atoms with Crippen molar-refractivity contribution in [2.75, 3.05) is 20.8 Å². The number of hydrogen-bond acceptors (Lipinski definition) is 6. The average Bonchev–Trinajstić information content (AvgIpc) is 2.69. The van der Waals surface area contributed by atoms with Crippen LogP contribution in [0.15, 0.2) is 48.5 Å². The molecule has 0 radical (unpaired) electrons. The summed E-state index contributed by atoms with van der Waals surface area (Å²) in [6, 6.07) is 13.2. The van der Waals surface area contributed by atoms with Gasteiger partial charge < -0.3 is 19.5 Å². The number of carbonyl (C=O) groups excluding carboxylic acids is 3. The van der Waals surface area contributed by atoms with Crippen molar-refractivity contribution < 1.29 is 28.6 Å². The Balaban J connectivity index is 1.86. The van der Waals surface area contributed by atoms with Gasteiger partial charge in [-0.2, -0.15) is 0 Å². The van der Waals surface area contributed by atoms with E-state index in [1.807, 2.05) is 0 Å². The Morgan fingerprint density at radius 2 is 1.77 bits per heavy atom. The predicted octanol–water partition coefficient (Wildman–Crippen LogP) is 1.95. The zero-order valence-electron chi connectivity index (χ0n) is 14.5. The number of ether oxygens (including phenoxy) is 3. The number of para-hydroxylation sites is 1. The summed E-state index contributed by atoms with van der Waals surface area (Å²) in [5, 5.41) is 2.48. The molecule has 0 saturated carbocycles. The van der Waals surface area contributed by atoms with Gasteiger partial charge in [-0.05, 0) is 29.8 Å². The van der Waals surface area contributed by atoms with Crippen molar-refractivity contribution in [3.05, 3.63) is 65.2 Å². The fourth-order valence-electron chi connectivity index (χ4n) is 2.20. The molecular weight excluding hydrogens is 338 g/mol. The Morgan fingerprint density at radius 3 is 2.50 bits per heavy atom. The first-order valence-corrected chi connectivity index (χ1v) is 7.79. The molecule has 7 nitrogen and oxygen atoms in total. The van der Waals surface area contributed by atoms with E-state index in [1.165, 1.54) is 14.2 Å². The van der Waals surface area contributed by atoms with Gasteiger partial charge in [-0.3, -0.25) is 9.59 Å². The highest BCUT2D eigenvalue weighted by Crippen LogP contribution is 2.16. The van der Waals surface area contributed by atoms with Crippen molar-refractivity contribution in [3.8, 4) is 5.75 Å². The number of amides is 1. The van der Waals surface area contributed by atoms with E-state index in [9.17, 15) is 14.4 Å². The first-order valence-electron chi connectivity index (χ1n) is 7.79. The standard InChI is InChI=1S/C19H19NO6/c1-24-16-9-4-3-8-15(16)18(22)20-11-17(21)26-12-13-6-5-7-14(10-13)19(23)25-2/h3-10H,11-12H2,1-2H3,(H,20,22). The number of methoxy groups -OCH3 is 2. The van der Waals surface area contributed by atoms with Crippen molar-refractivity contribution in [3.63, 3.8) is 0 Å². The van der Waals surface area contributed by atoms with Crippen molar-refractivity contribution >= 4 is 17.8 Å². The fraction of sp³-hybridized carbons (Fsp3) is 0.211. The zero-order chi connectivity index (χ0) is 18.9. The largest absolute Gasteiger partial charge is 0.496 e. The minimum Gasteiger partial charge on any atom is -0.496 e. The summed E-state index contributed by atoms with van der Waals surface area (Å²) in [6.07, 6.45) is 0. The van der Waals surface area contributed by atoms with E-state index in [4.69, 9.17) is 9.47 Å². The van der Waals surface area contributed by atoms with Crippen LogP contribution in [0.25, 0.3) is 0 Å². The molecule has 2 aromatic rings. The van der Waals surface area contributed by atoms with Gasteiger partial charge in [0.2, 0.25) is 0 Å². The molecule has 7 heteroatoms. The molecule has 0 aliphatic heterocycles. The molecule has 0 aliphatic carbocycles. The van der Waals surface area contributed by atoms with E-state index >= 15 is 0 Å². The third-order valence-corrected chi connectivity index (χ3v) is 3.49. The van der Waals surface area contributed by atoms with E-state index in [0.29, 0.717) is 22.4 Å². The summed E-state index contributed by atoms with van der Waals surface area (Å²) in [5.41, 5.74) is 1.33. The van der Waals surface area contributed by atoms with E-state index < -0.39 is 17.8 Å². The van der Waals surface area contributed by atoms with Gasteiger partial charge in [0.1, 0.15) is 18.9 Å². The Bertz CT molecular complexity index is 802. The summed E-state index contributed by atoms with van der Waals surface area (Å²) in [7, 11) is 2.75. The van der Waals surface area contributed by atoms with E-state index in [-0.39, 0.29) is 13.2 Å². The van der Waals surface area contributed by atoms with Crippen molar-refractivity contribution in [1.82, 2.24) is 5.32 Å². The van der Waals surface area contributed by atoms with Gasteiger partial charge in [0.15, 0.2) is 0 Å². The van der Waals surface area contributed by atoms with Crippen LogP contribution in [0.4, 0.5) is 0 Å². The highest BCUT2D eigenvalue weighted by Gasteiger charge is 2.13. The maximum Gasteiger partial charge on any atom is 0.337 e. The monoisotopic (exact) mass is 357 g/mol. The summed E-state index contributed by atoms with van der Waals surface area (Å²) in [4.78, 5) is 35.4. The lowest BCUT2D eigenvalue weighted by Gasteiger charge is -2.09. The van der Waals surface area contributed by atoms with Crippen LogP contribution in [0.2, 0.25) is 0 Å². The summed E-state index contributed by atoms with van der Waals surface area (Å²) in [6.45, 7) is -0.304. The SMILES string of the molecule is COC(=O)c1cccc(COC(=O)CNC(=O)c2ccccc2OC)c1. The molecule has 0 aliphatic rings. The highest BCUT2D eigenvalue weighted by molar-refractivity contribution is 5.98. The van der Waals surface area contributed by atoms with Crippen molar-refractivity contribution in [1.29, 1.82) is 0 Å². The highest BCUT2D eigenvalue weighted by atomic mass is 16.5. The second-order valence-corrected chi connectivity index (χ2v) is 5.24. The average molecular weight is 357 g/mol.